The number of H-pyrrole nitrogens is 1. The second-order valence-corrected chi connectivity index (χ2v) is 8.65. The van der Waals surface area contributed by atoms with Crippen LogP contribution in [0.25, 0.3) is 17.0 Å². The molecule has 0 aliphatic rings. The monoisotopic (exact) mass is 483 g/mol. The number of aryl methyl sites for hydroxylation is 1. The van der Waals surface area contributed by atoms with Crippen LogP contribution in [0.5, 0.6) is 0 Å². The van der Waals surface area contributed by atoms with Gasteiger partial charge in [0.15, 0.2) is 0 Å². The summed E-state index contributed by atoms with van der Waals surface area (Å²) in [6, 6.07) is 23.0. The molecule has 4 rings (SSSR count). The third-order valence-electron chi connectivity index (χ3n) is 6.00. The van der Waals surface area contributed by atoms with Crippen molar-refractivity contribution in [2.75, 3.05) is 6.54 Å². The average Bonchev–Trinajstić information content (AvgIpc) is 3.21. The Hall–Kier alpha value is -3.69. The highest BCUT2D eigenvalue weighted by atomic mass is 16.6. The SMILES string of the molecule is Cc1[nH]c2ccccc2c1CCNCc1ccc(/C=C/C(=O)NOCc2ccc(B(O)O)cc2)cc1. The summed E-state index contributed by atoms with van der Waals surface area (Å²) >= 11 is 0. The number of nitrogens with one attached hydrogen (secondary N) is 3. The van der Waals surface area contributed by atoms with Crippen molar-refractivity contribution in [1.29, 1.82) is 0 Å². The van der Waals surface area contributed by atoms with Crippen molar-refractivity contribution in [3.8, 4) is 0 Å². The number of benzene rings is 3. The Balaban J connectivity index is 1.17. The van der Waals surface area contributed by atoms with Crippen molar-refractivity contribution in [2.24, 2.45) is 0 Å². The van der Waals surface area contributed by atoms with Crippen LogP contribution < -0.4 is 16.3 Å². The van der Waals surface area contributed by atoms with Crippen LogP contribution in [0.1, 0.15) is 27.9 Å². The lowest BCUT2D eigenvalue weighted by Gasteiger charge is -2.06. The Labute approximate surface area is 210 Å². The number of aromatic amines is 1. The molecule has 0 radical (unpaired) electrons. The number of carbonyl (C=O) groups excluding carboxylic acids is 1. The van der Waals surface area contributed by atoms with Gasteiger partial charge in [-0.15, -0.1) is 0 Å². The first-order valence-electron chi connectivity index (χ1n) is 11.9. The largest absolute Gasteiger partial charge is 0.488 e. The molecule has 0 aliphatic carbocycles. The Morgan fingerprint density at radius 3 is 2.47 bits per heavy atom. The van der Waals surface area contributed by atoms with Crippen LogP contribution in [0.15, 0.2) is 78.9 Å². The van der Waals surface area contributed by atoms with Gasteiger partial charge in [-0.25, -0.2) is 5.48 Å². The smallest absolute Gasteiger partial charge is 0.423 e. The van der Waals surface area contributed by atoms with Gasteiger partial charge in [-0.05, 0) is 59.7 Å². The van der Waals surface area contributed by atoms with Crippen LogP contribution in [0.4, 0.5) is 0 Å². The predicted molar refractivity (Wildman–Crippen MR) is 143 cm³/mol. The molecule has 7 nitrogen and oxygen atoms in total. The Morgan fingerprint density at radius 2 is 1.72 bits per heavy atom. The topological polar surface area (TPSA) is 107 Å². The first kappa shape index (κ1) is 25.4. The predicted octanol–water partition coefficient (Wildman–Crippen LogP) is 2.75. The quantitative estimate of drug-likeness (QED) is 0.0977. The summed E-state index contributed by atoms with van der Waals surface area (Å²) in [5.41, 5.74) is 9.43. The number of carbonyl (C=O) groups is 1. The number of hydroxylamine groups is 1. The van der Waals surface area contributed by atoms with Gasteiger partial charge in [0, 0.05) is 29.2 Å². The van der Waals surface area contributed by atoms with Crippen LogP contribution >= 0.6 is 0 Å². The van der Waals surface area contributed by atoms with Gasteiger partial charge in [0.05, 0.1) is 6.61 Å². The van der Waals surface area contributed by atoms with E-state index < -0.39 is 7.12 Å². The van der Waals surface area contributed by atoms with Crippen molar-refractivity contribution in [2.45, 2.75) is 26.5 Å². The highest BCUT2D eigenvalue weighted by molar-refractivity contribution is 6.58. The summed E-state index contributed by atoms with van der Waals surface area (Å²) < 4.78 is 0. The molecule has 184 valence electrons. The van der Waals surface area contributed by atoms with Crippen molar-refractivity contribution < 1.29 is 19.7 Å². The van der Waals surface area contributed by atoms with Gasteiger partial charge in [-0.1, -0.05) is 66.7 Å². The van der Waals surface area contributed by atoms with Gasteiger partial charge >= 0.3 is 7.12 Å². The number of amides is 1. The second-order valence-electron chi connectivity index (χ2n) is 8.65. The molecular formula is C28H30BN3O4. The van der Waals surface area contributed by atoms with Crippen LogP contribution in [0.2, 0.25) is 0 Å². The lowest BCUT2D eigenvalue weighted by atomic mass is 9.80. The highest BCUT2D eigenvalue weighted by Gasteiger charge is 2.10. The van der Waals surface area contributed by atoms with E-state index in [1.807, 2.05) is 30.3 Å². The normalized spacial score (nSPS) is 11.3. The van der Waals surface area contributed by atoms with E-state index in [2.05, 4.69) is 40.9 Å². The van der Waals surface area contributed by atoms with Gasteiger partial charge in [0.1, 0.15) is 0 Å². The minimum atomic E-state index is -1.50. The zero-order valence-corrected chi connectivity index (χ0v) is 20.2. The van der Waals surface area contributed by atoms with E-state index in [9.17, 15) is 4.79 Å². The summed E-state index contributed by atoms with van der Waals surface area (Å²) in [5.74, 6) is -0.365. The van der Waals surface area contributed by atoms with Crippen molar-refractivity contribution in [3.63, 3.8) is 0 Å². The fourth-order valence-electron chi connectivity index (χ4n) is 4.03. The molecular weight excluding hydrogens is 453 g/mol. The Bertz CT molecular complexity index is 1320. The summed E-state index contributed by atoms with van der Waals surface area (Å²) in [5, 5.41) is 23.0. The third kappa shape index (κ3) is 6.93. The first-order chi connectivity index (χ1) is 17.5. The maximum atomic E-state index is 12.0. The minimum Gasteiger partial charge on any atom is -0.423 e. The van der Waals surface area contributed by atoms with Crippen molar-refractivity contribution in [1.82, 2.24) is 15.8 Å². The lowest BCUT2D eigenvalue weighted by molar-refractivity contribution is -0.129. The molecule has 0 unspecified atom stereocenters. The third-order valence-corrected chi connectivity index (χ3v) is 6.00. The highest BCUT2D eigenvalue weighted by Crippen LogP contribution is 2.22. The van der Waals surface area contributed by atoms with Crippen LogP contribution in [0, 0.1) is 6.92 Å². The molecule has 3 aromatic carbocycles. The van der Waals surface area contributed by atoms with Gasteiger partial charge in [-0.3, -0.25) is 9.63 Å². The Kier molecular flexibility index (Phi) is 8.70. The molecule has 0 fully saturated rings. The Morgan fingerprint density at radius 1 is 1.00 bits per heavy atom. The number of hydrogen-bond acceptors (Lipinski definition) is 5. The summed E-state index contributed by atoms with van der Waals surface area (Å²) in [7, 11) is -1.50. The fourth-order valence-corrected chi connectivity index (χ4v) is 4.03. The molecule has 0 aliphatic heterocycles. The molecule has 1 heterocycles. The second kappa shape index (κ2) is 12.3. The van der Waals surface area contributed by atoms with Gasteiger partial charge < -0.3 is 20.3 Å². The summed E-state index contributed by atoms with van der Waals surface area (Å²) in [6.45, 7) is 3.96. The van der Waals surface area contributed by atoms with E-state index >= 15 is 0 Å². The van der Waals surface area contributed by atoms with E-state index in [0.717, 1.165) is 30.6 Å². The standard InChI is InChI=1S/C28H30BN3O4/c1-20-25(26-4-2-3-5-27(26)31-20)16-17-30-18-22-8-6-21(7-9-22)12-15-28(33)32-36-19-23-10-13-24(14-11-23)29(34)35/h2-15,30-31,34-35H,16-19H2,1H3,(H,32,33)/b15-12+. The first-order valence-corrected chi connectivity index (χ1v) is 11.9. The maximum absolute atomic E-state index is 12.0. The number of hydrogen-bond donors (Lipinski definition) is 5. The molecule has 0 saturated carbocycles. The average molecular weight is 483 g/mol. The molecule has 0 bridgehead atoms. The van der Waals surface area contributed by atoms with Crippen molar-refractivity contribution >= 4 is 35.5 Å². The lowest BCUT2D eigenvalue weighted by Crippen LogP contribution is -2.29. The molecule has 36 heavy (non-hydrogen) atoms. The minimum absolute atomic E-state index is 0.170. The number of para-hydroxylation sites is 1. The van der Waals surface area contributed by atoms with Crippen LogP contribution in [-0.2, 0) is 29.2 Å². The van der Waals surface area contributed by atoms with E-state index in [1.165, 1.54) is 33.8 Å². The number of fused-ring (bicyclic) bond motifs is 1. The van der Waals surface area contributed by atoms with E-state index in [1.54, 1.807) is 30.3 Å². The molecule has 0 saturated heterocycles. The molecule has 0 atom stereocenters. The molecule has 8 heteroatoms. The van der Waals surface area contributed by atoms with E-state index in [0.29, 0.717) is 5.46 Å². The molecule has 4 aromatic rings. The molecule has 1 aromatic heterocycles. The van der Waals surface area contributed by atoms with Gasteiger partial charge in [0.25, 0.3) is 5.91 Å². The molecule has 0 spiro atoms. The van der Waals surface area contributed by atoms with Crippen LogP contribution in [-0.4, -0.2) is 34.6 Å². The van der Waals surface area contributed by atoms with Crippen molar-refractivity contribution in [3.05, 3.63) is 107 Å². The summed E-state index contributed by atoms with van der Waals surface area (Å²) in [4.78, 5) is 20.7. The zero-order valence-electron chi connectivity index (χ0n) is 20.2. The summed E-state index contributed by atoms with van der Waals surface area (Å²) in [6.07, 6.45) is 4.11. The fraction of sp³-hybridized carbons (Fsp3) is 0.179. The molecule has 1 amide bonds. The number of aromatic nitrogens is 1. The maximum Gasteiger partial charge on any atom is 0.488 e. The van der Waals surface area contributed by atoms with Crippen LogP contribution in [0.3, 0.4) is 0 Å². The van der Waals surface area contributed by atoms with E-state index in [-0.39, 0.29) is 12.5 Å². The van der Waals surface area contributed by atoms with Gasteiger partial charge in [-0.2, -0.15) is 0 Å². The van der Waals surface area contributed by atoms with Gasteiger partial charge in [0.2, 0.25) is 0 Å². The molecule has 5 N–H and O–H groups in total. The van der Waals surface area contributed by atoms with E-state index in [4.69, 9.17) is 14.9 Å². The zero-order chi connectivity index (χ0) is 25.3. The number of rotatable bonds is 11.